The maximum atomic E-state index is 13.5. The van der Waals surface area contributed by atoms with Gasteiger partial charge in [-0.05, 0) is 62.7 Å². The third kappa shape index (κ3) is 2.32. The molecule has 4 aliphatic rings. The number of esters is 3. The summed E-state index contributed by atoms with van der Waals surface area (Å²) < 4.78 is 15.9. The van der Waals surface area contributed by atoms with Crippen LogP contribution in [-0.4, -0.2) is 39.2 Å². The number of methoxy groups -OCH3 is 3. The second kappa shape index (κ2) is 6.58. The van der Waals surface area contributed by atoms with E-state index in [0.717, 1.165) is 25.7 Å². The molecule has 4 aliphatic carbocycles. The molecule has 0 N–H and O–H groups in total. The van der Waals surface area contributed by atoms with Crippen molar-refractivity contribution in [3.8, 4) is 0 Å². The second-order valence-electron chi connectivity index (χ2n) is 9.87. The zero-order valence-corrected chi connectivity index (χ0v) is 17.9. The molecule has 2 bridgehead atoms. The van der Waals surface area contributed by atoms with Crippen molar-refractivity contribution in [2.75, 3.05) is 21.3 Å². The highest BCUT2D eigenvalue weighted by molar-refractivity contribution is 5.87. The number of fused-ring (bicyclic) bond motifs is 3. The third-order valence-corrected chi connectivity index (χ3v) is 9.03. The summed E-state index contributed by atoms with van der Waals surface area (Å²) in [5.41, 5.74) is -1.04. The van der Waals surface area contributed by atoms with Crippen molar-refractivity contribution in [2.24, 2.45) is 39.9 Å². The molecule has 4 saturated carbocycles. The third-order valence-electron chi connectivity index (χ3n) is 9.03. The van der Waals surface area contributed by atoms with E-state index in [0.29, 0.717) is 25.2 Å². The van der Waals surface area contributed by atoms with E-state index >= 15 is 0 Å². The van der Waals surface area contributed by atoms with Crippen LogP contribution in [0.25, 0.3) is 0 Å². The van der Waals surface area contributed by atoms with Crippen LogP contribution in [0.1, 0.15) is 51.9 Å². The van der Waals surface area contributed by atoms with E-state index < -0.39 is 28.1 Å². The summed E-state index contributed by atoms with van der Waals surface area (Å²) in [4.78, 5) is 39.9. The molecule has 1 spiro atoms. The van der Waals surface area contributed by atoms with Gasteiger partial charge in [-0.15, -0.1) is 0 Å². The van der Waals surface area contributed by atoms with Gasteiger partial charge in [0.05, 0.1) is 38.1 Å². The summed E-state index contributed by atoms with van der Waals surface area (Å²) in [5, 5.41) is 0. The van der Waals surface area contributed by atoms with Crippen LogP contribution in [0.5, 0.6) is 0 Å². The van der Waals surface area contributed by atoms with Gasteiger partial charge >= 0.3 is 17.9 Å². The summed E-state index contributed by atoms with van der Waals surface area (Å²) in [6.45, 7) is 6.17. The minimum absolute atomic E-state index is 0.0173. The average Bonchev–Trinajstić information content (AvgIpc) is 3.14. The molecule has 0 aromatic heterocycles. The summed E-state index contributed by atoms with van der Waals surface area (Å²) in [7, 11) is 4.19. The van der Waals surface area contributed by atoms with Crippen molar-refractivity contribution in [1.29, 1.82) is 0 Å². The fourth-order valence-electron chi connectivity index (χ4n) is 8.23. The fraction of sp³-hybridized carbons (Fsp3) is 0.783. The first kappa shape index (κ1) is 20.4. The monoisotopic (exact) mass is 406 g/mol. The van der Waals surface area contributed by atoms with Gasteiger partial charge in [-0.25, -0.2) is 0 Å². The van der Waals surface area contributed by atoms with Crippen molar-refractivity contribution in [3.05, 3.63) is 12.2 Å². The average molecular weight is 406 g/mol. The van der Waals surface area contributed by atoms with E-state index in [2.05, 4.69) is 6.58 Å². The number of hydrogen-bond acceptors (Lipinski definition) is 6. The van der Waals surface area contributed by atoms with Crippen LogP contribution in [0, 0.1) is 39.9 Å². The van der Waals surface area contributed by atoms with Gasteiger partial charge in [-0.1, -0.05) is 18.6 Å². The lowest BCUT2D eigenvalue weighted by molar-refractivity contribution is -0.181. The quantitative estimate of drug-likeness (QED) is 0.407. The molecule has 29 heavy (non-hydrogen) atoms. The Hall–Kier alpha value is -1.85. The molecule has 7 atom stereocenters. The van der Waals surface area contributed by atoms with Crippen LogP contribution in [-0.2, 0) is 28.6 Å². The van der Waals surface area contributed by atoms with Crippen molar-refractivity contribution >= 4 is 17.9 Å². The number of allylic oxidation sites excluding steroid dienone is 1. The lowest BCUT2D eigenvalue weighted by Crippen LogP contribution is -2.55. The van der Waals surface area contributed by atoms with Gasteiger partial charge in [0.25, 0.3) is 0 Å². The van der Waals surface area contributed by atoms with Crippen LogP contribution in [0.4, 0.5) is 0 Å². The maximum Gasteiger partial charge on any atom is 0.312 e. The number of rotatable bonds is 3. The Labute approximate surface area is 172 Å². The highest BCUT2D eigenvalue weighted by Crippen LogP contribution is 2.78. The molecule has 0 saturated heterocycles. The summed E-state index contributed by atoms with van der Waals surface area (Å²) in [6.07, 6.45) is 5.32. The van der Waals surface area contributed by atoms with Crippen LogP contribution in [0.15, 0.2) is 12.2 Å². The van der Waals surface area contributed by atoms with Crippen molar-refractivity contribution in [3.63, 3.8) is 0 Å². The number of hydrogen-bond donors (Lipinski definition) is 0. The smallest absolute Gasteiger partial charge is 0.312 e. The minimum atomic E-state index is -0.939. The number of ether oxygens (including phenoxy) is 3. The highest BCUT2D eigenvalue weighted by Gasteiger charge is 2.79. The summed E-state index contributed by atoms with van der Waals surface area (Å²) in [6, 6.07) is 0. The molecule has 4 rings (SSSR count). The Morgan fingerprint density at radius 1 is 1.14 bits per heavy atom. The molecule has 6 heteroatoms. The SMILES string of the molecule is C=C1C[C@]23CC1CC[C@H]2C1(C(=O)OC)CCC[C@@](C)([14C](=O)OC)C1[C@@H]3C(=O)OC. The molecule has 3 unspecified atom stereocenters. The van der Waals surface area contributed by atoms with E-state index in [1.54, 1.807) is 0 Å². The zero-order valence-electron chi connectivity index (χ0n) is 17.9. The minimum Gasteiger partial charge on any atom is -0.469 e. The molecule has 0 radical (unpaired) electrons. The summed E-state index contributed by atoms with van der Waals surface area (Å²) >= 11 is 0. The van der Waals surface area contributed by atoms with Gasteiger partial charge in [0.1, 0.15) is 0 Å². The molecule has 0 aromatic carbocycles. The van der Waals surface area contributed by atoms with Crippen LogP contribution in [0.2, 0.25) is 0 Å². The molecular formula is C23H32O6. The van der Waals surface area contributed by atoms with Crippen LogP contribution in [0.3, 0.4) is 0 Å². The molecule has 6 nitrogen and oxygen atoms in total. The van der Waals surface area contributed by atoms with Gasteiger partial charge < -0.3 is 14.2 Å². The Kier molecular flexibility index (Phi) is 4.63. The molecule has 0 heterocycles. The fourth-order valence-corrected chi connectivity index (χ4v) is 8.23. The van der Waals surface area contributed by atoms with E-state index in [1.807, 2.05) is 6.92 Å². The Morgan fingerprint density at radius 3 is 2.48 bits per heavy atom. The lowest BCUT2D eigenvalue weighted by Gasteiger charge is -2.50. The molecule has 0 amide bonds. The normalized spacial score (nSPS) is 45.2. The predicted octanol–water partition coefficient (Wildman–Crippen LogP) is 3.29. The molecule has 4 fully saturated rings. The predicted molar refractivity (Wildman–Crippen MR) is 104 cm³/mol. The van der Waals surface area contributed by atoms with Crippen LogP contribution < -0.4 is 0 Å². The molecular weight excluding hydrogens is 374 g/mol. The number of carbonyl (C=O) groups excluding carboxylic acids is 3. The van der Waals surface area contributed by atoms with Crippen molar-refractivity contribution in [2.45, 2.75) is 51.9 Å². The van der Waals surface area contributed by atoms with Crippen LogP contribution >= 0.6 is 0 Å². The first-order chi connectivity index (χ1) is 13.7. The Morgan fingerprint density at radius 2 is 1.86 bits per heavy atom. The van der Waals surface area contributed by atoms with Gasteiger partial charge in [0.2, 0.25) is 0 Å². The Balaban J connectivity index is 2.00. The standard InChI is InChI=1S/C23H32O6/c1-13-11-22-12-14(13)7-8-15(22)23(20(26)29-5)10-6-9-21(2,19(25)28-4)17(23)16(22)18(24)27-3/h14-17H,1,6-12H2,2-5H3/t14?,15-,16-,17?,21-,22+,23?/m1/s1/i19+2. The topological polar surface area (TPSA) is 78.9 Å². The van der Waals surface area contributed by atoms with E-state index in [9.17, 15) is 14.4 Å². The van der Waals surface area contributed by atoms with E-state index in [-0.39, 0.29) is 23.8 Å². The van der Waals surface area contributed by atoms with E-state index in [1.165, 1.54) is 26.9 Å². The maximum absolute atomic E-state index is 13.5. The first-order valence-corrected chi connectivity index (χ1v) is 10.6. The van der Waals surface area contributed by atoms with Gasteiger partial charge in [0.15, 0.2) is 0 Å². The second-order valence-corrected chi connectivity index (χ2v) is 9.87. The zero-order chi connectivity index (χ0) is 21.2. The van der Waals surface area contributed by atoms with Crippen molar-refractivity contribution < 1.29 is 28.6 Å². The highest BCUT2D eigenvalue weighted by atomic mass is 16.8. The van der Waals surface area contributed by atoms with Crippen molar-refractivity contribution in [1.82, 2.24) is 0 Å². The molecule has 0 aromatic rings. The summed E-state index contributed by atoms with van der Waals surface area (Å²) in [5.74, 6) is -1.64. The van der Waals surface area contributed by atoms with Gasteiger partial charge in [0, 0.05) is 5.92 Å². The molecule has 160 valence electrons. The van der Waals surface area contributed by atoms with E-state index in [4.69, 9.17) is 14.2 Å². The lowest BCUT2D eigenvalue weighted by atomic mass is 9.55. The van der Waals surface area contributed by atoms with Gasteiger partial charge in [-0.2, -0.15) is 0 Å². The largest absolute Gasteiger partial charge is 0.469 e. The number of carbonyl (C=O) groups is 3. The Bertz CT molecular complexity index is 773. The van der Waals surface area contributed by atoms with Gasteiger partial charge in [-0.3, -0.25) is 14.4 Å². The first-order valence-electron chi connectivity index (χ1n) is 10.6. The molecule has 0 aliphatic heterocycles.